The second-order valence-electron chi connectivity index (χ2n) is 5.54. The predicted octanol–water partition coefficient (Wildman–Crippen LogP) is 2.60. The maximum absolute atomic E-state index is 8.96. The fourth-order valence-electron chi connectivity index (χ4n) is 1.76. The second-order valence-corrected chi connectivity index (χ2v) is 5.54. The third-order valence-corrected chi connectivity index (χ3v) is 3.12. The van der Waals surface area contributed by atoms with Gasteiger partial charge in [-0.25, -0.2) is 0 Å². The van der Waals surface area contributed by atoms with Gasteiger partial charge in [0, 0.05) is 25.6 Å². The van der Waals surface area contributed by atoms with Crippen molar-refractivity contribution < 1.29 is 9.52 Å². The Morgan fingerprint density at radius 1 is 1.47 bits per heavy atom. The third-order valence-electron chi connectivity index (χ3n) is 3.12. The average molecular weight is 239 g/mol. The standard InChI is InChI=1S/C14H25NO2/c1-12(6-7-13-5-4-10-17-13)15-11-14(2,3)8-9-16/h4-5,10,12,15-16H,6-9,11H2,1-3H3. The van der Waals surface area contributed by atoms with Gasteiger partial charge in [-0.05, 0) is 37.3 Å². The van der Waals surface area contributed by atoms with E-state index in [0.717, 1.165) is 31.6 Å². The van der Waals surface area contributed by atoms with Gasteiger partial charge in [0.15, 0.2) is 0 Å². The molecule has 2 N–H and O–H groups in total. The molecule has 98 valence electrons. The Balaban J connectivity index is 2.18. The van der Waals surface area contributed by atoms with Gasteiger partial charge in [-0.3, -0.25) is 0 Å². The van der Waals surface area contributed by atoms with E-state index in [2.05, 4.69) is 26.1 Å². The minimum Gasteiger partial charge on any atom is -0.469 e. The first-order chi connectivity index (χ1) is 8.03. The largest absolute Gasteiger partial charge is 0.469 e. The number of rotatable bonds is 8. The summed E-state index contributed by atoms with van der Waals surface area (Å²) < 4.78 is 5.31. The lowest BCUT2D eigenvalue weighted by Crippen LogP contribution is -2.36. The van der Waals surface area contributed by atoms with Crippen LogP contribution >= 0.6 is 0 Å². The molecule has 0 aromatic carbocycles. The van der Waals surface area contributed by atoms with Gasteiger partial charge in [0.25, 0.3) is 0 Å². The zero-order valence-corrected chi connectivity index (χ0v) is 11.2. The molecule has 0 spiro atoms. The van der Waals surface area contributed by atoms with Crippen LogP contribution in [0.3, 0.4) is 0 Å². The van der Waals surface area contributed by atoms with E-state index in [1.807, 2.05) is 12.1 Å². The third kappa shape index (κ3) is 5.89. The predicted molar refractivity (Wildman–Crippen MR) is 70.0 cm³/mol. The molecule has 0 fully saturated rings. The Labute approximate surface area is 104 Å². The number of aryl methyl sites for hydroxylation is 1. The van der Waals surface area contributed by atoms with Gasteiger partial charge in [0.05, 0.1) is 6.26 Å². The molecule has 3 heteroatoms. The van der Waals surface area contributed by atoms with E-state index in [4.69, 9.17) is 9.52 Å². The van der Waals surface area contributed by atoms with Crippen LogP contribution in [0.4, 0.5) is 0 Å². The molecule has 0 bridgehead atoms. The van der Waals surface area contributed by atoms with Crippen LogP contribution < -0.4 is 5.32 Å². The molecule has 0 aliphatic carbocycles. The number of hydrogen-bond acceptors (Lipinski definition) is 3. The Bertz CT molecular complexity index is 293. The van der Waals surface area contributed by atoms with E-state index in [1.54, 1.807) is 6.26 Å². The molecule has 0 aliphatic heterocycles. The van der Waals surface area contributed by atoms with Crippen molar-refractivity contribution in [2.75, 3.05) is 13.2 Å². The Kier molecular flexibility index (Phi) is 5.72. The summed E-state index contributed by atoms with van der Waals surface area (Å²) in [6, 6.07) is 4.42. The maximum atomic E-state index is 8.96. The van der Waals surface area contributed by atoms with Gasteiger partial charge in [0.2, 0.25) is 0 Å². The highest BCUT2D eigenvalue weighted by atomic mass is 16.3. The molecular formula is C14H25NO2. The Morgan fingerprint density at radius 3 is 2.82 bits per heavy atom. The highest BCUT2D eigenvalue weighted by molar-refractivity contribution is 4.98. The van der Waals surface area contributed by atoms with Gasteiger partial charge in [-0.2, -0.15) is 0 Å². The number of nitrogens with one attached hydrogen (secondary N) is 1. The van der Waals surface area contributed by atoms with E-state index in [0.29, 0.717) is 6.04 Å². The van der Waals surface area contributed by atoms with E-state index < -0.39 is 0 Å². The van der Waals surface area contributed by atoms with E-state index >= 15 is 0 Å². The van der Waals surface area contributed by atoms with Crippen molar-refractivity contribution in [1.82, 2.24) is 5.32 Å². The van der Waals surface area contributed by atoms with Crippen molar-refractivity contribution >= 4 is 0 Å². The smallest absolute Gasteiger partial charge is 0.103 e. The summed E-state index contributed by atoms with van der Waals surface area (Å²) in [5.41, 5.74) is 0.160. The SMILES string of the molecule is CC(CCc1ccco1)NCC(C)(C)CCO. The molecular weight excluding hydrogens is 214 g/mol. The van der Waals surface area contributed by atoms with Crippen molar-refractivity contribution in [1.29, 1.82) is 0 Å². The van der Waals surface area contributed by atoms with Crippen molar-refractivity contribution in [3.8, 4) is 0 Å². The Hall–Kier alpha value is -0.800. The molecule has 1 aromatic heterocycles. The van der Waals surface area contributed by atoms with Crippen LogP contribution in [0.2, 0.25) is 0 Å². The summed E-state index contributed by atoms with van der Waals surface area (Å²) in [4.78, 5) is 0. The van der Waals surface area contributed by atoms with E-state index in [-0.39, 0.29) is 12.0 Å². The molecule has 1 heterocycles. The summed E-state index contributed by atoms with van der Waals surface area (Å²) in [7, 11) is 0. The average Bonchev–Trinajstić information content (AvgIpc) is 2.76. The van der Waals surface area contributed by atoms with Gasteiger partial charge < -0.3 is 14.8 Å². The summed E-state index contributed by atoms with van der Waals surface area (Å²) in [6.07, 6.45) is 4.60. The molecule has 1 aromatic rings. The minimum atomic E-state index is 0.160. The van der Waals surface area contributed by atoms with Crippen LogP contribution in [-0.2, 0) is 6.42 Å². The highest BCUT2D eigenvalue weighted by Gasteiger charge is 2.17. The molecule has 1 unspecified atom stereocenters. The van der Waals surface area contributed by atoms with Crippen molar-refractivity contribution in [3.05, 3.63) is 24.2 Å². The zero-order valence-electron chi connectivity index (χ0n) is 11.2. The molecule has 17 heavy (non-hydrogen) atoms. The lowest BCUT2D eigenvalue weighted by molar-refractivity contribution is 0.203. The quantitative estimate of drug-likeness (QED) is 0.733. The molecule has 0 saturated carbocycles. The fraction of sp³-hybridized carbons (Fsp3) is 0.714. The van der Waals surface area contributed by atoms with Crippen LogP contribution in [0.25, 0.3) is 0 Å². The monoisotopic (exact) mass is 239 g/mol. The first-order valence-corrected chi connectivity index (χ1v) is 6.40. The first-order valence-electron chi connectivity index (χ1n) is 6.40. The van der Waals surface area contributed by atoms with E-state index in [9.17, 15) is 0 Å². The van der Waals surface area contributed by atoms with Crippen LogP contribution in [0.1, 0.15) is 39.4 Å². The normalized spacial score (nSPS) is 13.9. The van der Waals surface area contributed by atoms with Crippen molar-refractivity contribution in [2.24, 2.45) is 5.41 Å². The summed E-state index contributed by atoms with van der Waals surface area (Å²) in [6.45, 7) is 7.74. The van der Waals surface area contributed by atoms with Gasteiger partial charge in [-0.15, -0.1) is 0 Å². The lowest BCUT2D eigenvalue weighted by atomic mass is 9.89. The lowest BCUT2D eigenvalue weighted by Gasteiger charge is -2.26. The molecule has 0 saturated heterocycles. The minimum absolute atomic E-state index is 0.160. The Morgan fingerprint density at radius 2 is 2.24 bits per heavy atom. The van der Waals surface area contributed by atoms with Crippen LogP contribution in [0, 0.1) is 5.41 Å². The first kappa shape index (κ1) is 14.3. The van der Waals surface area contributed by atoms with Gasteiger partial charge >= 0.3 is 0 Å². The summed E-state index contributed by atoms with van der Waals surface area (Å²) in [5.74, 6) is 1.05. The molecule has 0 amide bonds. The number of hydrogen-bond donors (Lipinski definition) is 2. The number of furan rings is 1. The molecule has 1 atom stereocenters. The van der Waals surface area contributed by atoms with Gasteiger partial charge in [0.1, 0.15) is 5.76 Å². The van der Waals surface area contributed by atoms with Gasteiger partial charge in [-0.1, -0.05) is 13.8 Å². The zero-order chi connectivity index (χ0) is 12.7. The second kappa shape index (κ2) is 6.82. The number of aliphatic hydroxyl groups excluding tert-OH is 1. The molecule has 3 nitrogen and oxygen atoms in total. The summed E-state index contributed by atoms with van der Waals surface area (Å²) in [5, 5.41) is 12.5. The van der Waals surface area contributed by atoms with Crippen molar-refractivity contribution in [3.63, 3.8) is 0 Å². The summed E-state index contributed by atoms with van der Waals surface area (Å²) >= 11 is 0. The topological polar surface area (TPSA) is 45.4 Å². The van der Waals surface area contributed by atoms with E-state index in [1.165, 1.54) is 0 Å². The van der Waals surface area contributed by atoms with Crippen LogP contribution in [0.5, 0.6) is 0 Å². The highest BCUT2D eigenvalue weighted by Crippen LogP contribution is 2.18. The van der Waals surface area contributed by atoms with Crippen LogP contribution in [-0.4, -0.2) is 24.3 Å². The maximum Gasteiger partial charge on any atom is 0.103 e. The number of aliphatic hydroxyl groups is 1. The molecule has 1 rings (SSSR count). The fourth-order valence-corrected chi connectivity index (χ4v) is 1.76. The molecule has 0 radical (unpaired) electrons. The van der Waals surface area contributed by atoms with Crippen molar-refractivity contribution in [2.45, 2.75) is 46.1 Å². The van der Waals surface area contributed by atoms with Crippen LogP contribution in [0.15, 0.2) is 22.8 Å². The molecule has 0 aliphatic rings.